The van der Waals surface area contributed by atoms with Crippen LogP contribution in [0.2, 0.25) is 5.22 Å². The Labute approximate surface area is 151 Å². The van der Waals surface area contributed by atoms with E-state index in [-0.39, 0.29) is 34.8 Å². The van der Waals surface area contributed by atoms with Gasteiger partial charge in [-0.3, -0.25) is 14.4 Å². The third kappa shape index (κ3) is 3.98. The molecule has 2 unspecified atom stereocenters. The molecule has 0 radical (unpaired) electrons. The maximum atomic E-state index is 12.6. The predicted molar refractivity (Wildman–Crippen MR) is 91.1 cm³/mol. The zero-order valence-electron chi connectivity index (χ0n) is 14.1. The third-order valence-electron chi connectivity index (χ3n) is 5.00. The molecule has 2 saturated heterocycles. The van der Waals surface area contributed by atoms with Crippen LogP contribution in [0.3, 0.4) is 0 Å². The minimum Gasteiger partial charge on any atom is -0.452 e. The first-order chi connectivity index (χ1) is 12.0. The molecule has 3 heterocycles. The van der Waals surface area contributed by atoms with Gasteiger partial charge in [0.1, 0.15) is 6.04 Å². The normalized spacial score (nSPS) is 26.4. The molecular formula is C17H22ClN3O4. The molecule has 0 bridgehead atoms. The van der Waals surface area contributed by atoms with Crippen molar-refractivity contribution in [2.45, 2.75) is 32.2 Å². The Balaban J connectivity index is 1.53. The third-order valence-corrected chi connectivity index (χ3v) is 5.29. The van der Waals surface area contributed by atoms with Crippen LogP contribution in [0.25, 0.3) is 0 Å². The lowest BCUT2D eigenvalue weighted by Gasteiger charge is -2.27. The number of nitrogens with one attached hydrogen (secondary N) is 2. The van der Waals surface area contributed by atoms with Crippen molar-refractivity contribution in [2.75, 3.05) is 19.6 Å². The van der Waals surface area contributed by atoms with Gasteiger partial charge in [-0.25, -0.2) is 0 Å². The SMILES string of the molecule is CC1CN(C(=O)[C@H]2CCCC(=O)N2)CC1CNC(=O)c1ccoc1Cl. The van der Waals surface area contributed by atoms with Gasteiger partial charge in [0.25, 0.3) is 5.91 Å². The molecule has 3 atom stereocenters. The van der Waals surface area contributed by atoms with E-state index in [1.165, 1.54) is 12.3 Å². The van der Waals surface area contributed by atoms with Crippen LogP contribution in [-0.2, 0) is 9.59 Å². The fourth-order valence-electron chi connectivity index (χ4n) is 3.47. The largest absolute Gasteiger partial charge is 0.452 e. The van der Waals surface area contributed by atoms with Crippen molar-refractivity contribution in [1.29, 1.82) is 0 Å². The van der Waals surface area contributed by atoms with Crippen LogP contribution in [0.15, 0.2) is 16.7 Å². The van der Waals surface area contributed by atoms with Crippen LogP contribution in [0.5, 0.6) is 0 Å². The first kappa shape index (κ1) is 17.8. The molecule has 0 saturated carbocycles. The van der Waals surface area contributed by atoms with Gasteiger partial charge in [0, 0.05) is 26.1 Å². The molecule has 136 valence electrons. The summed E-state index contributed by atoms with van der Waals surface area (Å²) in [6.45, 7) is 3.74. The van der Waals surface area contributed by atoms with Crippen molar-refractivity contribution >= 4 is 29.3 Å². The van der Waals surface area contributed by atoms with E-state index < -0.39 is 6.04 Å². The highest BCUT2D eigenvalue weighted by Crippen LogP contribution is 2.24. The van der Waals surface area contributed by atoms with E-state index in [9.17, 15) is 14.4 Å². The van der Waals surface area contributed by atoms with Gasteiger partial charge in [-0.1, -0.05) is 6.92 Å². The highest BCUT2D eigenvalue weighted by atomic mass is 35.5. The predicted octanol–water partition coefficient (Wildman–Crippen LogP) is 1.43. The second-order valence-corrected chi connectivity index (χ2v) is 7.15. The van der Waals surface area contributed by atoms with Gasteiger partial charge in [-0.2, -0.15) is 0 Å². The van der Waals surface area contributed by atoms with Crippen LogP contribution in [0.4, 0.5) is 0 Å². The number of carbonyl (C=O) groups is 3. The average Bonchev–Trinajstić information content (AvgIpc) is 3.18. The second kappa shape index (κ2) is 7.47. The molecule has 1 aromatic rings. The lowest BCUT2D eigenvalue weighted by molar-refractivity contribution is -0.137. The quantitative estimate of drug-likeness (QED) is 0.842. The van der Waals surface area contributed by atoms with Crippen LogP contribution >= 0.6 is 11.6 Å². The van der Waals surface area contributed by atoms with Gasteiger partial charge in [0.05, 0.1) is 11.8 Å². The average molecular weight is 368 g/mol. The fraction of sp³-hybridized carbons (Fsp3) is 0.588. The summed E-state index contributed by atoms with van der Waals surface area (Å²) >= 11 is 5.81. The molecule has 2 fully saturated rings. The molecule has 1 aromatic heterocycles. The van der Waals surface area contributed by atoms with Crippen LogP contribution in [0.1, 0.15) is 36.5 Å². The molecule has 8 heteroatoms. The molecule has 0 aromatic carbocycles. The van der Waals surface area contributed by atoms with Gasteiger partial charge in [-0.15, -0.1) is 0 Å². The zero-order chi connectivity index (χ0) is 18.0. The molecule has 0 aliphatic carbocycles. The summed E-state index contributed by atoms with van der Waals surface area (Å²) in [4.78, 5) is 38.0. The van der Waals surface area contributed by atoms with E-state index in [1.807, 2.05) is 0 Å². The van der Waals surface area contributed by atoms with E-state index in [4.69, 9.17) is 16.0 Å². The zero-order valence-corrected chi connectivity index (χ0v) is 14.8. The first-order valence-corrected chi connectivity index (χ1v) is 8.93. The van der Waals surface area contributed by atoms with Crippen molar-refractivity contribution in [3.8, 4) is 0 Å². The minimum absolute atomic E-state index is 0.0217. The minimum atomic E-state index is -0.411. The standard InChI is InChI=1S/C17H22ClN3O4/c1-10-8-21(17(24)13-3-2-4-14(22)20-13)9-11(10)7-19-16(23)12-5-6-25-15(12)18/h5-6,10-11,13H,2-4,7-9H2,1H3,(H,19,23)(H,20,22)/t10?,11?,13-/m1/s1. The Kier molecular flexibility index (Phi) is 5.32. The van der Waals surface area contributed by atoms with Crippen LogP contribution in [0, 0.1) is 11.8 Å². The second-order valence-electron chi connectivity index (χ2n) is 6.81. The molecule has 3 rings (SSSR count). The Morgan fingerprint density at radius 3 is 2.92 bits per heavy atom. The van der Waals surface area contributed by atoms with Crippen molar-refractivity contribution < 1.29 is 18.8 Å². The number of piperidine rings is 1. The maximum absolute atomic E-state index is 12.6. The summed E-state index contributed by atoms with van der Waals surface area (Å²) in [5.41, 5.74) is 0.310. The Morgan fingerprint density at radius 1 is 1.44 bits per heavy atom. The Bertz CT molecular complexity index is 675. The van der Waals surface area contributed by atoms with Crippen molar-refractivity contribution in [2.24, 2.45) is 11.8 Å². The highest BCUT2D eigenvalue weighted by molar-refractivity contribution is 6.32. The number of carbonyl (C=O) groups excluding carboxylic acids is 3. The van der Waals surface area contributed by atoms with Gasteiger partial charge in [-0.05, 0) is 42.3 Å². The number of likely N-dealkylation sites (tertiary alicyclic amines) is 1. The number of halogens is 1. The monoisotopic (exact) mass is 367 g/mol. The van der Waals surface area contributed by atoms with Gasteiger partial charge < -0.3 is 20.0 Å². The lowest BCUT2D eigenvalue weighted by Crippen LogP contribution is -2.50. The summed E-state index contributed by atoms with van der Waals surface area (Å²) in [5, 5.41) is 5.70. The lowest BCUT2D eigenvalue weighted by atomic mass is 9.98. The van der Waals surface area contributed by atoms with E-state index in [0.717, 1.165) is 6.42 Å². The molecule has 7 nitrogen and oxygen atoms in total. The molecule has 25 heavy (non-hydrogen) atoms. The number of furan rings is 1. The molecule has 0 spiro atoms. The summed E-state index contributed by atoms with van der Waals surface area (Å²) < 4.78 is 4.92. The van der Waals surface area contributed by atoms with Crippen molar-refractivity contribution in [1.82, 2.24) is 15.5 Å². The van der Waals surface area contributed by atoms with E-state index in [1.54, 1.807) is 4.90 Å². The van der Waals surface area contributed by atoms with Gasteiger partial charge in [0.15, 0.2) is 0 Å². The molecule has 3 amide bonds. The van der Waals surface area contributed by atoms with Gasteiger partial charge >= 0.3 is 0 Å². The molecule has 2 N–H and O–H groups in total. The topological polar surface area (TPSA) is 91.7 Å². The Morgan fingerprint density at radius 2 is 2.24 bits per heavy atom. The smallest absolute Gasteiger partial charge is 0.256 e. The number of hydrogen-bond donors (Lipinski definition) is 2. The maximum Gasteiger partial charge on any atom is 0.256 e. The number of nitrogens with zero attached hydrogens (tertiary/aromatic N) is 1. The number of amides is 3. The molecule has 2 aliphatic heterocycles. The van der Waals surface area contributed by atoms with Crippen LogP contribution < -0.4 is 10.6 Å². The molecular weight excluding hydrogens is 346 g/mol. The first-order valence-electron chi connectivity index (χ1n) is 8.55. The molecule has 2 aliphatic rings. The summed E-state index contributed by atoms with van der Waals surface area (Å²) in [6, 6.07) is 1.11. The van der Waals surface area contributed by atoms with Crippen molar-refractivity contribution in [3.63, 3.8) is 0 Å². The summed E-state index contributed by atoms with van der Waals surface area (Å²) in [5.74, 6) is 0.0701. The number of hydrogen-bond acceptors (Lipinski definition) is 4. The van der Waals surface area contributed by atoms with Gasteiger partial charge in [0.2, 0.25) is 17.0 Å². The van der Waals surface area contributed by atoms with Crippen molar-refractivity contribution in [3.05, 3.63) is 23.1 Å². The highest BCUT2D eigenvalue weighted by Gasteiger charge is 2.36. The van der Waals surface area contributed by atoms with E-state index >= 15 is 0 Å². The number of rotatable bonds is 4. The van der Waals surface area contributed by atoms with E-state index in [0.29, 0.717) is 38.0 Å². The fourth-order valence-corrected chi connectivity index (χ4v) is 3.67. The van der Waals surface area contributed by atoms with E-state index in [2.05, 4.69) is 17.6 Å². The Hall–Kier alpha value is -2.02. The summed E-state index contributed by atoms with van der Waals surface area (Å²) in [7, 11) is 0. The van der Waals surface area contributed by atoms with Crippen LogP contribution in [-0.4, -0.2) is 48.3 Å². The summed E-state index contributed by atoms with van der Waals surface area (Å²) in [6.07, 6.45) is 3.30.